The van der Waals surface area contributed by atoms with Crippen molar-refractivity contribution in [3.63, 3.8) is 0 Å². The molecule has 0 aromatic carbocycles. The van der Waals surface area contributed by atoms with Crippen molar-refractivity contribution in [3.05, 3.63) is 17.6 Å². The lowest BCUT2D eigenvalue weighted by atomic mass is 9.82. The second-order valence-corrected chi connectivity index (χ2v) is 3.61. The first-order valence-corrected chi connectivity index (χ1v) is 4.16. The lowest BCUT2D eigenvalue weighted by molar-refractivity contribution is 0.484. The van der Waals surface area contributed by atoms with E-state index < -0.39 is 0 Å². The standard InChI is InChI=1S/C10H17/c1-8(2)10-6-4-5-9(3)7-10/h5,10H,4,6-7H2,1-3H3. The van der Waals surface area contributed by atoms with Crippen LogP contribution in [0.2, 0.25) is 0 Å². The van der Waals surface area contributed by atoms with Gasteiger partial charge in [0.2, 0.25) is 0 Å². The van der Waals surface area contributed by atoms with E-state index in [2.05, 4.69) is 26.8 Å². The van der Waals surface area contributed by atoms with Gasteiger partial charge in [0.05, 0.1) is 0 Å². The minimum absolute atomic E-state index is 0.880. The fourth-order valence-electron chi connectivity index (χ4n) is 1.60. The Balaban J connectivity index is 2.45. The van der Waals surface area contributed by atoms with Gasteiger partial charge in [-0.15, -0.1) is 0 Å². The summed E-state index contributed by atoms with van der Waals surface area (Å²) in [6.45, 7) is 6.75. The van der Waals surface area contributed by atoms with Crippen LogP contribution in [-0.4, -0.2) is 0 Å². The van der Waals surface area contributed by atoms with Gasteiger partial charge >= 0.3 is 0 Å². The van der Waals surface area contributed by atoms with Gasteiger partial charge in [-0.05, 0) is 38.0 Å². The van der Waals surface area contributed by atoms with Crippen molar-refractivity contribution in [3.8, 4) is 0 Å². The van der Waals surface area contributed by atoms with Crippen molar-refractivity contribution in [2.45, 2.75) is 40.0 Å². The van der Waals surface area contributed by atoms with Crippen LogP contribution >= 0.6 is 0 Å². The van der Waals surface area contributed by atoms with Crippen LogP contribution in [0, 0.1) is 11.8 Å². The molecule has 0 aromatic heterocycles. The van der Waals surface area contributed by atoms with Gasteiger partial charge in [0.15, 0.2) is 0 Å². The molecular weight excluding hydrogens is 120 g/mol. The quantitative estimate of drug-likeness (QED) is 0.486. The summed E-state index contributed by atoms with van der Waals surface area (Å²) >= 11 is 0. The molecule has 0 aromatic rings. The molecule has 57 valence electrons. The number of allylic oxidation sites excluding steroid dienone is 2. The van der Waals surface area contributed by atoms with E-state index in [1.807, 2.05) is 0 Å². The zero-order valence-corrected chi connectivity index (χ0v) is 7.28. The zero-order chi connectivity index (χ0) is 7.56. The van der Waals surface area contributed by atoms with E-state index >= 15 is 0 Å². The van der Waals surface area contributed by atoms with Crippen LogP contribution in [0.25, 0.3) is 0 Å². The summed E-state index contributed by atoms with van der Waals surface area (Å²) in [6.07, 6.45) is 6.35. The fraction of sp³-hybridized carbons (Fsp3) is 0.700. The van der Waals surface area contributed by atoms with Crippen molar-refractivity contribution >= 4 is 0 Å². The van der Waals surface area contributed by atoms with Crippen LogP contribution in [0.3, 0.4) is 0 Å². The smallest absolute Gasteiger partial charge is 0.0269 e. The average molecular weight is 137 g/mol. The highest BCUT2D eigenvalue weighted by molar-refractivity contribution is 5.07. The molecule has 0 nitrogen and oxygen atoms in total. The van der Waals surface area contributed by atoms with Crippen LogP contribution in [0.15, 0.2) is 11.6 Å². The van der Waals surface area contributed by atoms with Gasteiger partial charge in [0.1, 0.15) is 0 Å². The topological polar surface area (TPSA) is 0 Å². The van der Waals surface area contributed by atoms with Gasteiger partial charge in [0, 0.05) is 0 Å². The van der Waals surface area contributed by atoms with Gasteiger partial charge in [-0.1, -0.05) is 25.5 Å². The second kappa shape index (κ2) is 3.23. The van der Waals surface area contributed by atoms with Crippen molar-refractivity contribution in [1.29, 1.82) is 0 Å². The highest BCUT2D eigenvalue weighted by Gasteiger charge is 2.16. The van der Waals surface area contributed by atoms with Gasteiger partial charge in [-0.2, -0.15) is 0 Å². The number of rotatable bonds is 1. The Morgan fingerprint density at radius 2 is 2.20 bits per heavy atom. The molecule has 1 aliphatic rings. The summed E-state index contributed by atoms with van der Waals surface area (Å²) in [5, 5.41) is 0. The lowest BCUT2D eigenvalue weighted by Crippen LogP contribution is -2.10. The van der Waals surface area contributed by atoms with Crippen LogP contribution in [-0.2, 0) is 0 Å². The van der Waals surface area contributed by atoms with Gasteiger partial charge in [0.25, 0.3) is 0 Å². The largest absolute Gasteiger partial charge is 0.0856 e. The van der Waals surface area contributed by atoms with Gasteiger partial charge < -0.3 is 0 Å². The third-order valence-corrected chi connectivity index (χ3v) is 2.39. The molecular formula is C10H17. The Bertz CT molecular complexity index is 131. The maximum absolute atomic E-state index is 2.37. The first kappa shape index (κ1) is 7.84. The minimum atomic E-state index is 0.880. The summed E-state index contributed by atoms with van der Waals surface area (Å²) in [5.74, 6) is 2.48. The van der Waals surface area contributed by atoms with E-state index in [1.54, 1.807) is 11.5 Å². The van der Waals surface area contributed by atoms with E-state index in [0.717, 1.165) is 5.92 Å². The molecule has 1 atom stereocenters. The van der Waals surface area contributed by atoms with Crippen molar-refractivity contribution < 1.29 is 0 Å². The second-order valence-electron chi connectivity index (χ2n) is 3.61. The maximum Gasteiger partial charge on any atom is -0.0269 e. The number of hydrogen-bond donors (Lipinski definition) is 0. The molecule has 0 heteroatoms. The third kappa shape index (κ3) is 1.86. The van der Waals surface area contributed by atoms with Gasteiger partial charge in [-0.25, -0.2) is 0 Å². The third-order valence-electron chi connectivity index (χ3n) is 2.39. The van der Waals surface area contributed by atoms with E-state index in [1.165, 1.54) is 19.3 Å². The Hall–Kier alpha value is -0.260. The van der Waals surface area contributed by atoms with E-state index in [0.29, 0.717) is 0 Å². The highest BCUT2D eigenvalue weighted by atomic mass is 14.2. The molecule has 0 bridgehead atoms. The van der Waals surface area contributed by atoms with Gasteiger partial charge in [-0.3, -0.25) is 0 Å². The first-order valence-electron chi connectivity index (χ1n) is 4.16. The molecule has 1 unspecified atom stereocenters. The predicted octanol–water partition coefficient (Wildman–Crippen LogP) is 3.35. The Labute approximate surface area is 64.3 Å². The summed E-state index contributed by atoms with van der Waals surface area (Å²) in [6, 6.07) is 0. The molecule has 0 N–H and O–H groups in total. The van der Waals surface area contributed by atoms with E-state index in [-0.39, 0.29) is 0 Å². The van der Waals surface area contributed by atoms with E-state index in [4.69, 9.17) is 0 Å². The zero-order valence-electron chi connectivity index (χ0n) is 7.28. The maximum atomic E-state index is 2.37. The summed E-state index contributed by atoms with van der Waals surface area (Å²) in [4.78, 5) is 0. The minimum Gasteiger partial charge on any atom is -0.0856 e. The summed E-state index contributed by atoms with van der Waals surface area (Å²) < 4.78 is 0. The Kier molecular flexibility index (Phi) is 2.53. The molecule has 0 aliphatic heterocycles. The summed E-state index contributed by atoms with van der Waals surface area (Å²) in [7, 11) is 0. The lowest BCUT2D eigenvalue weighted by Gasteiger charge is -2.23. The monoisotopic (exact) mass is 137 g/mol. The average Bonchev–Trinajstić information content (AvgIpc) is 1.88. The number of hydrogen-bond acceptors (Lipinski definition) is 0. The van der Waals surface area contributed by atoms with Crippen molar-refractivity contribution in [2.24, 2.45) is 5.92 Å². The molecule has 0 heterocycles. The van der Waals surface area contributed by atoms with Crippen molar-refractivity contribution in [1.82, 2.24) is 0 Å². The first-order chi connectivity index (χ1) is 4.70. The van der Waals surface area contributed by atoms with Crippen molar-refractivity contribution in [2.75, 3.05) is 0 Å². The highest BCUT2D eigenvalue weighted by Crippen LogP contribution is 2.30. The van der Waals surface area contributed by atoms with Crippen LogP contribution in [0.5, 0.6) is 0 Å². The molecule has 0 saturated heterocycles. The van der Waals surface area contributed by atoms with Crippen LogP contribution in [0.4, 0.5) is 0 Å². The van der Waals surface area contributed by atoms with E-state index in [9.17, 15) is 0 Å². The molecule has 0 fully saturated rings. The molecule has 0 saturated carbocycles. The Morgan fingerprint density at radius 1 is 1.50 bits per heavy atom. The normalized spacial score (nSPS) is 26.8. The molecule has 0 amide bonds. The Morgan fingerprint density at radius 3 is 2.60 bits per heavy atom. The molecule has 10 heavy (non-hydrogen) atoms. The van der Waals surface area contributed by atoms with Crippen LogP contribution < -0.4 is 0 Å². The molecule has 0 spiro atoms. The molecule has 1 rings (SSSR count). The SMILES string of the molecule is C[C](C)C1CCC=C(C)C1. The molecule has 1 aliphatic carbocycles. The van der Waals surface area contributed by atoms with Crippen LogP contribution in [0.1, 0.15) is 40.0 Å². The summed E-state index contributed by atoms with van der Waals surface area (Å²) in [5.41, 5.74) is 1.58. The molecule has 1 radical (unpaired) electrons. The fourth-order valence-corrected chi connectivity index (χ4v) is 1.60. The predicted molar refractivity (Wildman–Crippen MR) is 45.7 cm³/mol.